The lowest BCUT2D eigenvalue weighted by Crippen LogP contribution is -2.09. The van der Waals surface area contributed by atoms with E-state index in [0.29, 0.717) is 0 Å². The highest BCUT2D eigenvalue weighted by atomic mass is 16.3. The number of aliphatic hydroxyl groups is 1. The van der Waals surface area contributed by atoms with E-state index in [1.165, 1.54) is 19.3 Å². The minimum atomic E-state index is 0.0359. The summed E-state index contributed by atoms with van der Waals surface area (Å²) in [5.41, 5.74) is 1.47. The van der Waals surface area contributed by atoms with Crippen molar-refractivity contribution in [2.75, 3.05) is 0 Å². The zero-order valence-corrected chi connectivity index (χ0v) is 12.2. The van der Waals surface area contributed by atoms with Gasteiger partial charge in [0.05, 0.1) is 6.10 Å². The van der Waals surface area contributed by atoms with Gasteiger partial charge in [0.1, 0.15) is 0 Å². The van der Waals surface area contributed by atoms with Crippen molar-refractivity contribution in [3.63, 3.8) is 0 Å². The van der Waals surface area contributed by atoms with Crippen molar-refractivity contribution in [3.05, 3.63) is 71.8 Å². The van der Waals surface area contributed by atoms with Gasteiger partial charge >= 0.3 is 0 Å². The molecule has 21 heavy (non-hydrogen) atoms. The SMILES string of the molecule is O=C(c1ccccc1)c1ccccc1.OC1CCCCC1. The second kappa shape index (κ2) is 8.38. The quantitative estimate of drug-likeness (QED) is 0.837. The van der Waals surface area contributed by atoms with Gasteiger partial charge in [-0.1, -0.05) is 79.9 Å². The van der Waals surface area contributed by atoms with Gasteiger partial charge in [-0.3, -0.25) is 4.79 Å². The monoisotopic (exact) mass is 282 g/mol. The molecule has 0 aliphatic heterocycles. The van der Waals surface area contributed by atoms with Crippen LogP contribution in [0.3, 0.4) is 0 Å². The van der Waals surface area contributed by atoms with Gasteiger partial charge in [0.25, 0.3) is 0 Å². The third-order valence-corrected chi connectivity index (χ3v) is 3.65. The molecule has 0 aromatic heterocycles. The first-order valence-corrected chi connectivity index (χ1v) is 7.60. The third-order valence-electron chi connectivity index (χ3n) is 3.65. The molecule has 2 aromatic carbocycles. The molecule has 3 rings (SSSR count). The molecule has 0 saturated heterocycles. The molecule has 0 amide bonds. The number of carbonyl (C=O) groups is 1. The highest BCUT2D eigenvalue weighted by Gasteiger charge is 2.07. The van der Waals surface area contributed by atoms with Crippen molar-refractivity contribution in [2.24, 2.45) is 0 Å². The molecule has 1 saturated carbocycles. The highest BCUT2D eigenvalue weighted by Crippen LogP contribution is 2.16. The maximum atomic E-state index is 11.8. The van der Waals surface area contributed by atoms with Crippen LogP contribution in [0.4, 0.5) is 0 Å². The Morgan fingerprint density at radius 3 is 1.52 bits per heavy atom. The molecule has 0 unspecified atom stereocenters. The second-order valence-corrected chi connectivity index (χ2v) is 5.35. The van der Waals surface area contributed by atoms with Gasteiger partial charge in [-0.2, -0.15) is 0 Å². The molecule has 1 aliphatic rings. The number of hydrogen-bond acceptors (Lipinski definition) is 2. The van der Waals surface area contributed by atoms with Crippen LogP contribution in [0.5, 0.6) is 0 Å². The molecule has 2 aromatic rings. The number of rotatable bonds is 2. The van der Waals surface area contributed by atoms with E-state index in [0.717, 1.165) is 24.0 Å². The highest BCUT2D eigenvalue weighted by molar-refractivity contribution is 6.08. The Morgan fingerprint density at radius 1 is 0.762 bits per heavy atom. The molecule has 110 valence electrons. The van der Waals surface area contributed by atoms with Crippen molar-refractivity contribution in [2.45, 2.75) is 38.2 Å². The van der Waals surface area contributed by atoms with Gasteiger partial charge in [0.2, 0.25) is 0 Å². The summed E-state index contributed by atoms with van der Waals surface area (Å²) in [6.07, 6.45) is 5.92. The molecule has 2 heteroatoms. The molecule has 0 bridgehead atoms. The Balaban J connectivity index is 0.000000194. The fourth-order valence-corrected chi connectivity index (χ4v) is 2.43. The molecule has 1 fully saturated rings. The summed E-state index contributed by atoms with van der Waals surface area (Å²) >= 11 is 0. The molecule has 1 aliphatic carbocycles. The molecule has 0 radical (unpaired) electrons. The minimum absolute atomic E-state index is 0.0359. The van der Waals surface area contributed by atoms with Crippen molar-refractivity contribution in [3.8, 4) is 0 Å². The van der Waals surface area contributed by atoms with Gasteiger partial charge in [-0.05, 0) is 12.8 Å². The first-order valence-electron chi connectivity index (χ1n) is 7.60. The van der Waals surface area contributed by atoms with Gasteiger partial charge in [0, 0.05) is 11.1 Å². The van der Waals surface area contributed by atoms with E-state index in [-0.39, 0.29) is 11.9 Å². The first-order chi connectivity index (χ1) is 10.3. The Morgan fingerprint density at radius 2 is 1.19 bits per heavy atom. The average Bonchev–Trinajstić information content (AvgIpc) is 2.57. The van der Waals surface area contributed by atoms with Crippen LogP contribution in [0.25, 0.3) is 0 Å². The van der Waals surface area contributed by atoms with E-state index in [2.05, 4.69) is 0 Å². The van der Waals surface area contributed by atoms with Crippen molar-refractivity contribution >= 4 is 5.78 Å². The van der Waals surface area contributed by atoms with Crippen molar-refractivity contribution in [1.29, 1.82) is 0 Å². The van der Waals surface area contributed by atoms with Gasteiger partial charge in [-0.15, -0.1) is 0 Å². The first kappa shape index (κ1) is 15.5. The zero-order valence-electron chi connectivity index (χ0n) is 12.2. The zero-order chi connectivity index (χ0) is 14.9. The second-order valence-electron chi connectivity index (χ2n) is 5.35. The number of ketones is 1. The number of benzene rings is 2. The number of aliphatic hydroxyl groups excluding tert-OH is 1. The maximum absolute atomic E-state index is 11.8. The summed E-state index contributed by atoms with van der Waals surface area (Å²) in [5.74, 6) is 0.0752. The summed E-state index contributed by atoms with van der Waals surface area (Å²) in [5, 5.41) is 8.91. The smallest absolute Gasteiger partial charge is 0.193 e. The number of carbonyl (C=O) groups excluding carboxylic acids is 1. The summed E-state index contributed by atoms with van der Waals surface area (Å²) in [4.78, 5) is 11.8. The van der Waals surface area contributed by atoms with Crippen LogP contribution < -0.4 is 0 Å². The van der Waals surface area contributed by atoms with E-state index >= 15 is 0 Å². The van der Waals surface area contributed by atoms with E-state index in [4.69, 9.17) is 5.11 Å². The lowest BCUT2D eigenvalue weighted by molar-refractivity contribution is 0.103. The number of hydrogen-bond donors (Lipinski definition) is 1. The molecule has 0 atom stereocenters. The Bertz CT molecular complexity index is 487. The fourth-order valence-electron chi connectivity index (χ4n) is 2.43. The van der Waals surface area contributed by atoms with Crippen LogP contribution in [0, 0.1) is 0 Å². The van der Waals surface area contributed by atoms with Crippen LogP contribution >= 0.6 is 0 Å². The lowest BCUT2D eigenvalue weighted by atomic mass is 9.98. The summed E-state index contributed by atoms with van der Waals surface area (Å²) in [7, 11) is 0. The normalized spacial score (nSPS) is 14.9. The van der Waals surface area contributed by atoms with Crippen LogP contribution in [-0.4, -0.2) is 17.0 Å². The van der Waals surface area contributed by atoms with Crippen LogP contribution in [0.15, 0.2) is 60.7 Å². The summed E-state index contributed by atoms with van der Waals surface area (Å²) < 4.78 is 0. The fraction of sp³-hybridized carbons (Fsp3) is 0.316. The molecule has 0 heterocycles. The molecular formula is C19H22O2. The predicted molar refractivity (Wildman–Crippen MR) is 85.4 cm³/mol. The molecule has 2 nitrogen and oxygen atoms in total. The van der Waals surface area contributed by atoms with E-state index in [9.17, 15) is 4.79 Å². The van der Waals surface area contributed by atoms with Gasteiger partial charge in [-0.25, -0.2) is 0 Å². The van der Waals surface area contributed by atoms with E-state index in [1.54, 1.807) is 0 Å². The van der Waals surface area contributed by atoms with E-state index < -0.39 is 0 Å². The summed E-state index contributed by atoms with van der Waals surface area (Å²) in [6, 6.07) is 18.6. The Hall–Kier alpha value is -1.93. The minimum Gasteiger partial charge on any atom is -0.393 e. The van der Waals surface area contributed by atoms with Crippen molar-refractivity contribution < 1.29 is 9.90 Å². The average molecular weight is 282 g/mol. The topological polar surface area (TPSA) is 37.3 Å². The van der Waals surface area contributed by atoms with Crippen molar-refractivity contribution in [1.82, 2.24) is 0 Å². The maximum Gasteiger partial charge on any atom is 0.193 e. The standard InChI is InChI=1S/C13H10O.C6H12O/c14-13(11-7-3-1-4-8-11)12-9-5-2-6-10-12;7-6-4-2-1-3-5-6/h1-10H;6-7H,1-5H2. The largest absolute Gasteiger partial charge is 0.393 e. The van der Waals surface area contributed by atoms with E-state index in [1.807, 2.05) is 60.7 Å². The van der Waals surface area contributed by atoms with Gasteiger partial charge < -0.3 is 5.11 Å². The van der Waals surface area contributed by atoms with Crippen LogP contribution in [-0.2, 0) is 0 Å². The molecular weight excluding hydrogens is 260 g/mol. The Labute approximate surface area is 126 Å². The Kier molecular flexibility index (Phi) is 6.17. The van der Waals surface area contributed by atoms with Crippen LogP contribution in [0.1, 0.15) is 48.0 Å². The molecule has 1 N–H and O–H groups in total. The van der Waals surface area contributed by atoms with Gasteiger partial charge in [0.15, 0.2) is 5.78 Å². The summed E-state index contributed by atoms with van der Waals surface area (Å²) in [6.45, 7) is 0. The third kappa shape index (κ3) is 5.16. The molecule has 0 spiro atoms. The lowest BCUT2D eigenvalue weighted by Gasteiger charge is -2.14. The van der Waals surface area contributed by atoms with Crippen LogP contribution in [0.2, 0.25) is 0 Å². The predicted octanol–water partition coefficient (Wildman–Crippen LogP) is 4.23.